The quantitative estimate of drug-likeness (QED) is 0.763. The van der Waals surface area contributed by atoms with Crippen molar-refractivity contribution in [3.8, 4) is 0 Å². The van der Waals surface area contributed by atoms with E-state index in [2.05, 4.69) is 9.59 Å². The molecule has 1 heterocycles. The van der Waals surface area contributed by atoms with Gasteiger partial charge in [0.05, 0.1) is 6.61 Å². The molecule has 86 valence electrons. The van der Waals surface area contributed by atoms with Crippen molar-refractivity contribution in [2.24, 2.45) is 0 Å². The van der Waals surface area contributed by atoms with Crippen molar-refractivity contribution in [1.82, 2.24) is 9.59 Å². The maximum absolute atomic E-state index is 11.7. The Labute approximate surface area is 93.4 Å². The zero-order chi connectivity index (χ0) is 11.3. The molecule has 0 aromatic carbocycles. The fraction of sp³-hybridized carbons (Fsp3) is 0.714. The number of halogens is 4. The van der Waals surface area contributed by atoms with E-state index in [1.165, 1.54) is 0 Å². The third kappa shape index (κ3) is 5.29. The van der Waals surface area contributed by atoms with Crippen molar-refractivity contribution < 1.29 is 17.9 Å². The van der Waals surface area contributed by atoms with Crippen LogP contribution in [-0.4, -0.2) is 22.4 Å². The van der Waals surface area contributed by atoms with Crippen molar-refractivity contribution in [1.29, 1.82) is 0 Å². The molecule has 1 aromatic heterocycles. The van der Waals surface area contributed by atoms with Crippen LogP contribution in [0.4, 0.5) is 13.2 Å². The van der Waals surface area contributed by atoms with E-state index in [4.69, 9.17) is 16.3 Å². The van der Waals surface area contributed by atoms with Crippen LogP contribution >= 0.6 is 23.1 Å². The second-order valence-corrected chi connectivity index (χ2v) is 4.12. The number of hydrogen-bond acceptors (Lipinski definition) is 4. The van der Waals surface area contributed by atoms with Gasteiger partial charge in [-0.25, -0.2) is 0 Å². The van der Waals surface area contributed by atoms with Gasteiger partial charge in [-0.05, 0) is 6.42 Å². The van der Waals surface area contributed by atoms with Gasteiger partial charge in [-0.15, -0.1) is 5.10 Å². The lowest BCUT2D eigenvalue weighted by atomic mass is 10.3. The van der Waals surface area contributed by atoms with E-state index in [9.17, 15) is 13.2 Å². The first-order valence-corrected chi connectivity index (χ1v) is 5.25. The highest BCUT2D eigenvalue weighted by Gasteiger charge is 2.25. The fourth-order valence-electron chi connectivity index (χ4n) is 0.827. The van der Waals surface area contributed by atoms with Gasteiger partial charge in [0.15, 0.2) is 0 Å². The number of nitrogens with zero attached hydrogens (tertiary/aromatic N) is 2. The third-order valence-electron chi connectivity index (χ3n) is 1.50. The Bertz CT molecular complexity index is 305. The molecule has 0 atom stereocenters. The molecule has 0 N–H and O–H groups in total. The predicted octanol–water partition coefficient (Wildman–Crippen LogP) is 3.05. The van der Waals surface area contributed by atoms with Gasteiger partial charge < -0.3 is 4.74 Å². The summed E-state index contributed by atoms with van der Waals surface area (Å²) in [6.07, 6.45) is -5.02. The first-order valence-electron chi connectivity index (χ1n) is 4.10. The van der Waals surface area contributed by atoms with Gasteiger partial charge in [0, 0.05) is 24.6 Å². The summed E-state index contributed by atoms with van der Waals surface area (Å²) in [5, 5.41) is 3.65. The van der Waals surface area contributed by atoms with E-state index in [1.807, 2.05) is 0 Å². The Morgan fingerprint density at radius 3 is 2.67 bits per heavy atom. The van der Waals surface area contributed by atoms with Gasteiger partial charge in [0.25, 0.3) is 0 Å². The highest BCUT2D eigenvalue weighted by atomic mass is 35.5. The second kappa shape index (κ2) is 5.62. The minimum absolute atomic E-state index is 0.0351. The van der Waals surface area contributed by atoms with Gasteiger partial charge in [-0.2, -0.15) is 13.2 Å². The molecule has 0 unspecified atom stereocenters. The van der Waals surface area contributed by atoms with Crippen LogP contribution in [0.25, 0.3) is 0 Å². The van der Waals surface area contributed by atoms with Gasteiger partial charge in [0.2, 0.25) is 0 Å². The molecule has 0 aliphatic rings. The maximum Gasteiger partial charge on any atom is 0.389 e. The SMILES string of the molecule is FC(F)(F)CCCOCc1nnsc1Cl. The van der Waals surface area contributed by atoms with Crippen molar-refractivity contribution >= 4 is 23.1 Å². The monoisotopic (exact) mass is 260 g/mol. The Morgan fingerprint density at radius 1 is 1.40 bits per heavy atom. The van der Waals surface area contributed by atoms with Crippen molar-refractivity contribution in [2.75, 3.05) is 6.61 Å². The van der Waals surface area contributed by atoms with Crippen LogP contribution in [0.15, 0.2) is 0 Å². The normalized spacial score (nSPS) is 12.0. The van der Waals surface area contributed by atoms with Gasteiger partial charge in [0.1, 0.15) is 10.0 Å². The lowest BCUT2D eigenvalue weighted by Crippen LogP contribution is -2.08. The Kier molecular flexibility index (Phi) is 4.75. The highest BCUT2D eigenvalue weighted by Crippen LogP contribution is 2.21. The third-order valence-corrected chi connectivity index (χ3v) is 2.48. The van der Waals surface area contributed by atoms with E-state index in [1.54, 1.807) is 0 Å². The summed E-state index contributed by atoms with van der Waals surface area (Å²) >= 11 is 6.68. The molecule has 0 spiro atoms. The fourth-order valence-corrected chi connectivity index (χ4v) is 1.43. The molecule has 0 saturated heterocycles. The first kappa shape index (κ1) is 12.7. The summed E-state index contributed by atoms with van der Waals surface area (Å²) in [6.45, 7) is 0.139. The number of ether oxygens (including phenoxy) is 1. The van der Waals surface area contributed by atoms with Crippen LogP contribution < -0.4 is 0 Å². The number of rotatable bonds is 5. The molecule has 0 saturated carbocycles. The molecule has 1 rings (SSSR count). The van der Waals surface area contributed by atoms with E-state index in [-0.39, 0.29) is 19.6 Å². The molecule has 0 aliphatic heterocycles. The number of alkyl halides is 3. The lowest BCUT2D eigenvalue weighted by molar-refractivity contribution is -0.138. The Morgan fingerprint density at radius 2 is 2.13 bits per heavy atom. The molecule has 8 heteroatoms. The van der Waals surface area contributed by atoms with E-state index < -0.39 is 12.6 Å². The standard InChI is InChI=1S/C7H8ClF3N2OS/c8-6-5(12-13-15-6)4-14-3-1-2-7(9,10)11/h1-4H2. The topological polar surface area (TPSA) is 35.0 Å². The summed E-state index contributed by atoms with van der Waals surface area (Å²) in [7, 11) is 0. The molecule has 0 amide bonds. The molecule has 3 nitrogen and oxygen atoms in total. The molecule has 1 aromatic rings. The van der Waals surface area contributed by atoms with E-state index >= 15 is 0 Å². The summed E-state index contributed by atoms with van der Waals surface area (Å²) in [6, 6.07) is 0. The van der Waals surface area contributed by atoms with E-state index in [0.29, 0.717) is 10.0 Å². The van der Waals surface area contributed by atoms with Crippen molar-refractivity contribution in [2.45, 2.75) is 25.6 Å². The van der Waals surface area contributed by atoms with Gasteiger partial charge in [-0.3, -0.25) is 0 Å². The summed E-state index contributed by atoms with van der Waals surface area (Å²) < 4.78 is 44.1. The summed E-state index contributed by atoms with van der Waals surface area (Å²) in [5.41, 5.74) is 0.466. The number of hydrogen-bond donors (Lipinski definition) is 0. The molecule has 0 aliphatic carbocycles. The molecule has 0 radical (unpaired) electrons. The average Bonchev–Trinajstić information content (AvgIpc) is 2.49. The first-order chi connectivity index (χ1) is 6.99. The predicted molar refractivity (Wildman–Crippen MR) is 49.9 cm³/mol. The zero-order valence-electron chi connectivity index (χ0n) is 7.55. The molecular weight excluding hydrogens is 253 g/mol. The Hall–Kier alpha value is -0.400. The minimum Gasteiger partial charge on any atom is -0.375 e. The van der Waals surface area contributed by atoms with Crippen LogP contribution in [0.1, 0.15) is 18.5 Å². The Balaban J connectivity index is 2.10. The average molecular weight is 261 g/mol. The lowest BCUT2D eigenvalue weighted by Gasteiger charge is -2.05. The van der Waals surface area contributed by atoms with Crippen molar-refractivity contribution in [3.63, 3.8) is 0 Å². The number of aromatic nitrogens is 2. The largest absolute Gasteiger partial charge is 0.389 e. The minimum atomic E-state index is -4.12. The molecule has 0 fully saturated rings. The summed E-state index contributed by atoms with van der Waals surface area (Å²) in [5.74, 6) is 0. The van der Waals surface area contributed by atoms with Crippen LogP contribution in [0.3, 0.4) is 0 Å². The van der Waals surface area contributed by atoms with Crippen LogP contribution in [0, 0.1) is 0 Å². The maximum atomic E-state index is 11.7. The second-order valence-electron chi connectivity index (χ2n) is 2.76. The van der Waals surface area contributed by atoms with Gasteiger partial charge >= 0.3 is 6.18 Å². The summed E-state index contributed by atoms with van der Waals surface area (Å²) in [4.78, 5) is 0. The molecule has 0 bridgehead atoms. The van der Waals surface area contributed by atoms with Crippen molar-refractivity contribution in [3.05, 3.63) is 10.0 Å². The van der Waals surface area contributed by atoms with Crippen LogP contribution in [0.5, 0.6) is 0 Å². The van der Waals surface area contributed by atoms with E-state index in [0.717, 1.165) is 11.5 Å². The highest BCUT2D eigenvalue weighted by molar-refractivity contribution is 7.10. The van der Waals surface area contributed by atoms with Gasteiger partial charge in [-0.1, -0.05) is 16.1 Å². The molecular formula is C7H8ClF3N2OS. The van der Waals surface area contributed by atoms with Crippen LogP contribution in [-0.2, 0) is 11.3 Å². The van der Waals surface area contributed by atoms with Crippen LogP contribution in [0.2, 0.25) is 4.34 Å². The zero-order valence-corrected chi connectivity index (χ0v) is 9.12. The molecule has 15 heavy (non-hydrogen) atoms. The smallest absolute Gasteiger partial charge is 0.375 e.